The van der Waals surface area contributed by atoms with Crippen LogP contribution in [-0.2, 0) is 4.79 Å². The van der Waals surface area contributed by atoms with Crippen LogP contribution in [0.2, 0.25) is 0 Å². The second-order valence-corrected chi connectivity index (χ2v) is 7.53. The maximum atomic E-state index is 11.5. The molecule has 0 unspecified atom stereocenters. The second kappa shape index (κ2) is 8.02. The first-order chi connectivity index (χ1) is 15.2. The minimum atomic E-state index is -0.144. The van der Waals surface area contributed by atoms with Gasteiger partial charge in [0.05, 0.1) is 11.4 Å². The average molecular weight is 411 g/mol. The van der Waals surface area contributed by atoms with Crippen molar-refractivity contribution in [2.45, 2.75) is 24.9 Å². The van der Waals surface area contributed by atoms with Crippen LogP contribution in [0.3, 0.4) is 0 Å². The molecule has 0 radical (unpaired) electrons. The molecule has 0 atom stereocenters. The summed E-state index contributed by atoms with van der Waals surface area (Å²) >= 11 is 0. The molecule has 1 N–H and O–H groups in total. The van der Waals surface area contributed by atoms with Crippen molar-refractivity contribution in [2.24, 2.45) is 0 Å². The van der Waals surface area contributed by atoms with Gasteiger partial charge in [-0.2, -0.15) is 5.10 Å². The number of amides is 1. The predicted octanol–water partition coefficient (Wildman–Crippen LogP) is 4.29. The van der Waals surface area contributed by atoms with Crippen molar-refractivity contribution >= 4 is 16.9 Å². The summed E-state index contributed by atoms with van der Waals surface area (Å²) in [5.74, 6) is 1.41. The maximum Gasteiger partial charge on any atom is 0.243 e. The summed E-state index contributed by atoms with van der Waals surface area (Å²) in [6.07, 6.45) is 6.25. The molecule has 0 saturated heterocycles. The molecule has 154 valence electrons. The third kappa shape index (κ3) is 3.77. The standard InChI is InChI=1S/C24H21N5O2/c1-2-22(30)27-17-12-18(13-17)29-24-21(14-25-15-26-24)23(28-29)16-8-10-20(11-9-16)31-19-6-4-3-5-7-19/h2-11,14-15,17-18H,1,12-13H2,(H,27,30)/t17-,18-. The lowest BCUT2D eigenvalue weighted by Gasteiger charge is -2.35. The van der Waals surface area contributed by atoms with E-state index < -0.39 is 0 Å². The molecule has 0 spiro atoms. The number of benzene rings is 2. The number of nitrogens with zero attached hydrogens (tertiary/aromatic N) is 4. The highest BCUT2D eigenvalue weighted by molar-refractivity contribution is 5.90. The van der Waals surface area contributed by atoms with Crippen molar-refractivity contribution in [3.63, 3.8) is 0 Å². The lowest BCUT2D eigenvalue weighted by atomic mass is 9.87. The van der Waals surface area contributed by atoms with Crippen LogP contribution in [0.1, 0.15) is 18.9 Å². The van der Waals surface area contributed by atoms with Crippen molar-refractivity contribution in [1.82, 2.24) is 25.1 Å². The Labute approximate surface area is 179 Å². The highest BCUT2D eigenvalue weighted by atomic mass is 16.5. The van der Waals surface area contributed by atoms with Crippen LogP contribution < -0.4 is 10.1 Å². The molecule has 31 heavy (non-hydrogen) atoms. The third-order valence-electron chi connectivity index (χ3n) is 5.47. The number of hydrogen-bond donors (Lipinski definition) is 1. The van der Waals surface area contributed by atoms with E-state index >= 15 is 0 Å². The molecule has 2 aromatic carbocycles. The Morgan fingerprint density at radius 1 is 1.10 bits per heavy atom. The van der Waals surface area contributed by atoms with E-state index in [1.807, 2.05) is 59.3 Å². The average Bonchev–Trinajstić information content (AvgIpc) is 3.16. The molecule has 4 aromatic rings. The normalized spacial score (nSPS) is 17.7. The summed E-state index contributed by atoms with van der Waals surface area (Å²) in [6.45, 7) is 3.50. The number of carbonyl (C=O) groups is 1. The van der Waals surface area contributed by atoms with Crippen molar-refractivity contribution in [2.75, 3.05) is 0 Å². The van der Waals surface area contributed by atoms with Crippen molar-refractivity contribution in [3.8, 4) is 22.8 Å². The Bertz CT molecular complexity index is 1230. The van der Waals surface area contributed by atoms with E-state index in [1.54, 1.807) is 6.20 Å². The van der Waals surface area contributed by atoms with E-state index in [9.17, 15) is 4.79 Å². The van der Waals surface area contributed by atoms with Crippen LogP contribution in [0.5, 0.6) is 11.5 Å². The molecule has 1 amide bonds. The Morgan fingerprint density at radius 3 is 2.58 bits per heavy atom. The van der Waals surface area contributed by atoms with Gasteiger partial charge in [-0.05, 0) is 55.3 Å². The SMILES string of the molecule is C=CC(=O)N[C@H]1C[C@H](n2nc(-c3ccc(Oc4ccccc4)cc3)c3cncnc32)C1. The summed E-state index contributed by atoms with van der Waals surface area (Å²) in [7, 11) is 0. The minimum Gasteiger partial charge on any atom is -0.457 e. The number of hydrogen-bond acceptors (Lipinski definition) is 5. The van der Waals surface area contributed by atoms with Gasteiger partial charge in [-0.25, -0.2) is 14.6 Å². The molecule has 1 aliphatic rings. The molecule has 7 nitrogen and oxygen atoms in total. The summed E-state index contributed by atoms with van der Waals surface area (Å²) in [4.78, 5) is 20.2. The first kappa shape index (κ1) is 19.0. The first-order valence-corrected chi connectivity index (χ1v) is 10.2. The monoisotopic (exact) mass is 411 g/mol. The van der Waals surface area contributed by atoms with Gasteiger partial charge in [0.2, 0.25) is 5.91 Å². The van der Waals surface area contributed by atoms with E-state index in [4.69, 9.17) is 9.84 Å². The van der Waals surface area contributed by atoms with Crippen molar-refractivity contribution < 1.29 is 9.53 Å². The Hall–Kier alpha value is -4.00. The van der Waals surface area contributed by atoms with Gasteiger partial charge in [0, 0.05) is 17.8 Å². The summed E-state index contributed by atoms with van der Waals surface area (Å²) in [5, 5.41) is 8.70. The number of carbonyl (C=O) groups excluding carboxylic acids is 1. The highest BCUT2D eigenvalue weighted by Crippen LogP contribution is 2.37. The number of fused-ring (bicyclic) bond motifs is 1. The summed E-state index contributed by atoms with van der Waals surface area (Å²) in [5.41, 5.74) is 2.60. The van der Waals surface area contributed by atoms with E-state index in [2.05, 4.69) is 21.9 Å². The highest BCUT2D eigenvalue weighted by Gasteiger charge is 2.33. The molecule has 1 fully saturated rings. The van der Waals surface area contributed by atoms with Crippen LogP contribution in [0.4, 0.5) is 0 Å². The van der Waals surface area contributed by atoms with Gasteiger partial charge in [0.15, 0.2) is 5.65 Å². The zero-order valence-corrected chi connectivity index (χ0v) is 16.8. The Kier molecular flexibility index (Phi) is 4.92. The fraction of sp³-hybridized carbons (Fsp3) is 0.167. The lowest BCUT2D eigenvalue weighted by molar-refractivity contribution is -0.117. The van der Waals surface area contributed by atoms with E-state index in [0.717, 1.165) is 46.6 Å². The van der Waals surface area contributed by atoms with Crippen LogP contribution >= 0.6 is 0 Å². The molecule has 1 aliphatic carbocycles. The van der Waals surface area contributed by atoms with Crippen LogP contribution in [-0.4, -0.2) is 31.7 Å². The molecular formula is C24H21N5O2. The zero-order chi connectivity index (χ0) is 21.2. The van der Waals surface area contributed by atoms with Crippen LogP contribution in [0.25, 0.3) is 22.3 Å². The molecule has 1 saturated carbocycles. The Balaban J connectivity index is 1.39. The topological polar surface area (TPSA) is 81.9 Å². The summed E-state index contributed by atoms with van der Waals surface area (Å²) < 4.78 is 7.84. The number of nitrogens with one attached hydrogen (secondary N) is 1. The lowest BCUT2D eigenvalue weighted by Crippen LogP contribution is -2.44. The van der Waals surface area contributed by atoms with Gasteiger partial charge in [-0.15, -0.1) is 0 Å². The van der Waals surface area contributed by atoms with Gasteiger partial charge < -0.3 is 10.1 Å². The minimum absolute atomic E-state index is 0.134. The number of rotatable bonds is 6. The third-order valence-corrected chi connectivity index (χ3v) is 5.47. The van der Waals surface area contributed by atoms with Crippen LogP contribution in [0, 0.1) is 0 Å². The Morgan fingerprint density at radius 2 is 1.84 bits per heavy atom. The van der Waals surface area contributed by atoms with Gasteiger partial charge in [-0.3, -0.25) is 4.79 Å². The molecule has 5 rings (SSSR count). The molecule has 0 aliphatic heterocycles. The molecule has 0 bridgehead atoms. The van der Waals surface area contributed by atoms with E-state index in [0.29, 0.717) is 0 Å². The van der Waals surface area contributed by atoms with Crippen molar-refractivity contribution in [1.29, 1.82) is 0 Å². The fourth-order valence-electron chi connectivity index (χ4n) is 3.82. The predicted molar refractivity (Wildman–Crippen MR) is 118 cm³/mol. The quantitative estimate of drug-likeness (QED) is 0.479. The molecule has 7 heteroatoms. The van der Waals surface area contributed by atoms with E-state index in [1.165, 1.54) is 12.4 Å². The molecule has 2 heterocycles. The second-order valence-electron chi connectivity index (χ2n) is 7.53. The van der Waals surface area contributed by atoms with Gasteiger partial charge in [0.25, 0.3) is 0 Å². The molecular weight excluding hydrogens is 390 g/mol. The largest absolute Gasteiger partial charge is 0.457 e. The van der Waals surface area contributed by atoms with Crippen LogP contribution in [0.15, 0.2) is 79.8 Å². The van der Waals surface area contributed by atoms with Crippen molar-refractivity contribution in [3.05, 3.63) is 79.8 Å². The fourth-order valence-corrected chi connectivity index (χ4v) is 3.82. The number of aromatic nitrogens is 4. The first-order valence-electron chi connectivity index (χ1n) is 10.2. The van der Waals surface area contributed by atoms with Gasteiger partial charge >= 0.3 is 0 Å². The van der Waals surface area contributed by atoms with Gasteiger partial charge in [0.1, 0.15) is 23.5 Å². The zero-order valence-electron chi connectivity index (χ0n) is 16.8. The van der Waals surface area contributed by atoms with Gasteiger partial charge in [-0.1, -0.05) is 24.8 Å². The number of ether oxygens (including phenoxy) is 1. The summed E-state index contributed by atoms with van der Waals surface area (Å²) in [6, 6.07) is 17.8. The smallest absolute Gasteiger partial charge is 0.243 e. The molecule has 2 aromatic heterocycles. The maximum absolute atomic E-state index is 11.5. The number of para-hydroxylation sites is 1. The van der Waals surface area contributed by atoms with E-state index in [-0.39, 0.29) is 18.0 Å².